The lowest BCUT2D eigenvalue weighted by molar-refractivity contribution is -0.137. The summed E-state index contributed by atoms with van der Waals surface area (Å²) < 4.78 is 37.8. The fourth-order valence-corrected chi connectivity index (χ4v) is 2.22. The van der Waals surface area contributed by atoms with Gasteiger partial charge >= 0.3 is 6.18 Å². The summed E-state index contributed by atoms with van der Waals surface area (Å²) in [5.41, 5.74) is 5.93. The van der Waals surface area contributed by atoms with Gasteiger partial charge in [0.05, 0.1) is 28.7 Å². The van der Waals surface area contributed by atoms with E-state index in [0.29, 0.717) is 28.0 Å². The number of halogens is 4. The van der Waals surface area contributed by atoms with Crippen molar-refractivity contribution in [3.63, 3.8) is 0 Å². The largest absolute Gasteiger partial charge is 0.416 e. The maximum absolute atomic E-state index is 12.6. The van der Waals surface area contributed by atoms with Gasteiger partial charge in [-0.15, -0.1) is 0 Å². The highest BCUT2D eigenvalue weighted by molar-refractivity contribution is 6.30. The first-order chi connectivity index (χ1) is 12.3. The molecule has 2 aromatic heterocycles. The molecule has 10 heteroatoms. The van der Waals surface area contributed by atoms with Gasteiger partial charge in [0.15, 0.2) is 11.6 Å². The van der Waals surface area contributed by atoms with Crippen LogP contribution < -0.4 is 16.4 Å². The van der Waals surface area contributed by atoms with Crippen LogP contribution in [0.5, 0.6) is 0 Å². The summed E-state index contributed by atoms with van der Waals surface area (Å²) >= 11 is 5.88. The van der Waals surface area contributed by atoms with Crippen molar-refractivity contribution in [2.45, 2.75) is 6.18 Å². The van der Waals surface area contributed by atoms with Crippen molar-refractivity contribution in [1.82, 2.24) is 15.0 Å². The zero-order valence-corrected chi connectivity index (χ0v) is 13.8. The number of anilines is 5. The molecule has 4 N–H and O–H groups in total. The number of hydrogen-bond acceptors (Lipinski definition) is 6. The van der Waals surface area contributed by atoms with Gasteiger partial charge in [-0.25, -0.2) is 9.97 Å². The summed E-state index contributed by atoms with van der Waals surface area (Å²) in [6, 6.07) is 6.17. The van der Waals surface area contributed by atoms with Crippen LogP contribution in [0.1, 0.15) is 5.56 Å². The third-order valence-corrected chi connectivity index (χ3v) is 3.47. The van der Waals surface area contributed by atoms with Crippen molar-refractivity contribution in [3.8, 4) is 0 Å². The predicted molar refractivity (Wildman–Crippen MR) is 93.7 cm³/mol. The number of nitrogens with two attached hydrogens (primary N) is 1. The van der Waals surface area contributed by atoms with Gasteiger partial charge < -0.3 is 16.4 Å². The van der Waals surface area contributed by atoms with Gasteiger partial charge in [-0.3, -0.25) is 4.98 Å². The van der Waals surface area contributed by atoms with Crippen LogP contribution in [0, 0.1) is 0 Å². The van der Waals surface area contributed by atoms with Gasteiger partial charge in [0, 0.05) is 11.9 Å². The Morgan fingerprint density at radius 2 is 1.62 bits per heavy atom. The van der Waals surface area contributed by atoms with E-state index in [9.17, 15) is 13.2 Å². The highest BCUT2D eigenvalue weighted by Crippen LogP contribution is 2.30. The Morgan fingerprint density at radius 3 is 2.27 bits per heavy atom. The zero-order valence-electron chi connectivity index (χ0n) is 13.0. The maximum Gasteiger partial charge on any atom is 0.416 e. The minimum atomic E-state index is -4.38. The molecule has 0 aliphatic rings. The normalized spacial score (nSPS) is 11.2. The summed E-state index contributed by atoms with van der Waals surface area (Å²) in [4.78, 5) is 12.2. The molecule has 26 heavy (non-hydrogen) atoms. The molecule has 3 rings (SSSR count). The third kappa shape index (κ3) is 4.31. The van der Waals surface area contributed by atoms with E-state index in [1.165, 1.54) is 30.7 Å². The SMILES string of the molecule is Nc1ncc(Cl)cc1Nc1cncc(Nc2ccc(C(F)(F)F)cc2)n1. The van der Waals surface area contributed by atoms with Gasteiger partial charge in [0.1, 0.15) is 5.82 Å². The van der Waals surface area contributed by atoms with Crippen LogP contribution in [0.2, 0.25) is 5.02 Å². The molecule has 0 saturated heterocycles. The van der Waals surface area contributed by atoms with Crippen LogP contribution in [0.25, 0.3) is 0 Å². The minimum Gasteiger partial charge on any atom is -0.382 e. The Bertz CT molecular complexity index is 915. The molecule has 0 aliphatic heterocycles. The second kappa shape index (κ2) is 7.04. The molecular formula is C16H12ClF3N6. The van der Waals surface area contributed by atoms with Crippen LogP contribution in [-0.4, -0.2) is 15.0 Å². The Morgan fingerprint density at radius 1 is 0.962 bits per heavy atom. The Labute approximate surface area is 151 Å². The zero-order chi connectivity index (χ0) is 18.7. The van der Waals surface area contributed by atoms with Crippen LogP contribution in [-0.2, 0) is 6.18 Å². The summed E-state index contributed by atoms with van der Waals surface area (Å²) in [5.74, 6) is 0.929. The van der Waals surface area contributed by atoms with E-state index in [1.807, 2.05) is 0 Å². The van der Waals surface area contributed by atoms with E-state index in [2.05, 4.69) is 25.6 Å². The number of nitrogen functional groups attached to an aromatic ring is 1. The Hall–Kier alpha value is -3.07. The van der Waals surface area contributed by atoms with Crippen molar-refractivity contribution in [1.29, 1.82) is 0 Å². The monoisotopic (exact) mass is 380 g/mol. The molecule has 0 unspecified atom stereocenters. The predicted octanol–water partition coefficient (Wildman–Crippen LogP) is 4.61. The van der Waals surface area contributed by atoms with E-state index >= 15 is 0 Å². The standard InChI is InChI=1S/C16H12ClF3N6/c17-10-5-12(15(21)23-6-10)25-14-8-22-7-13(26-14)24-11-3-1-9(2-4-11)16(18,19)20/h1-8H,(H2,21,23)(H2,24,25,26). The number of alkyl halides is 3. The molecule has 0 bridgehead atoms. The molecule has 0 saturated carbocycles. The molecule has 134 valence electrons. The second-order valence-electron chi connectivity index (χ2n) is 5.20. The fraction of sp³-hybridized carbons (Fsp3) is 0.0625. The first kappa shape index (κ1) is 17.7. The number of aromatic nitrogens is 3. The molecule has 0 radical (unpaired) electrons. The smallest absolute Gasteiger partial charge is 0.382 e. The lowest BCUT2D eigenvalue weighted by Gasteiger charge is -2.11. The van der Waals surface area contributed by atoms with E-state index in [0.717, 1.165) is 12.1 Å². The quantitative estimate of drug-likeness (QED) is 0.612. The number of nitrogens with one attached hydrogen (secondary N) is 2. The van der Waals surface area contributed by atoms with Crippen molar-refractivity contribution >= 4 is 40.4 Å². The molecule has 6 nitrogen and oxygen atoms in total. The van der Waals surface area contributed by atoms with Crippen LogP contribution in [0.3, 0.4) is 0 Å². The summed E-state index contributed by atoms with van der Waals surface area (Å²) in [6.07, 6.45) is -0.0792. The van der Waals surface area contributed by atoms with Gasteiger partial charge in [-0.2, -0.15) is 13.2 Å². The van der Waals surface area contributed by atoms with Gasteiger partial charge in [0.2, 0.25) is 0 Å². The van der Waals surface area contributed by atoms with E-state index in [4.69, 9.17) is 17.3 Å². The van der Waals surface area contributed by atoms with Crippen molar-refractivity contribution in [2.24, 2.45) is 0 Å². The first-order valence-electron chi connectivity index (χ1n) is 7.25. The van der Waals surface area contributed by atoms with Gasteiger partial charge in [-0.05, 0) is 30.3 Å². The summed E-state index contributed by atoms with van der Waals surface area (Å²) in [6.45, 7) is 0. The molecule has 0 atom stereocenters. The van der Waals surface area contributed by atoms with Crippen LogP contribution in [0.4, 0.5) is 42.0 Å². The molecule has 0 aliphatic carbocycles. The lowest BCUT2D eigenvalue weighted by atomic mass is 10.2. The lowest BCUT2D eigenvalue weighted by Crippen LogP contribution is -2.05. The summed E-state index contributed by atoms with van der Waals surface area (Å²) in [5, 5.41) is 6.21. The Kier molecular flexibility index (Phi) is 4.81. The molecule has 0 fully saturated rings. The van der Waals surface area contributed by atoms with E-state index in [1.54, 1.807) is 6.07 Å². The first-order valence-corrected chi connectivity index (χ1v) is 7.63. The number of pyridine rings is 1. The average molecular weight is 381 g/mol. The molecule has 1 aromatic carbocycles. The molecule has 2 heterocycles. The second-order valence-corrected chi connectivity index (χ2v) is 5.64. The van der Waals surface area contributed by atoms with Crippen molar-refractivity contribution in [2.75, 3.05) is 16.4 Å². The minimum absolute atomic E-state index is 0.234. The highest BCUT2D eigenvalue weighted by Gasteiger charge is 2.29. The third-order valence-electron chi connectivity index (χ3n) is 3.27. The number of benzene rings is 1. The number of rotatable bonds is 4. The molecular weight excluding hydrogens is 369 g/mol. The van der Waals surface area contributed by atoms with Crippen molar-refractivity contribution < 1.29 is 13.2 Å². The molecule has 3 aromatic rings. The Balaban J connectivity index is 1.76. The molecule has 0 spiro atoms. The topological polar surface area (TPSA) is 88.8 Å². The van der Waals surface area contributed by atoms with Gasteiger partial charge in [0.25, 0.3) is 0 Å². The van der Waals surface area contributed by atoms with Crippen LogP contribution >= 0.6 is 11.6 Å². The summed E-state index contributed by atoms with van der Waals surface area (Å²) in [7, 11) is 0. The number of hydrogen-bond donors (Lipinski definition) is 3. The number of nitrogens with zero attached hydrogens (tertiary/aromatic N) is 3. The van der Waals surface area contributed by atoms with Crippen molar-refractivity contribution in [3.05, 3.63) is 59.5 Å². The highest BCUT2D eigenvalue weighted by atomic mass is 35.5. The van der Waals surface area contributed by atoms with Crippen LogP contribution in [0.15, 0.2) is 48.9 Å². The maximum atomic E-state index is 12.6. The van der Waals surface area contributed by atoms with E-state index in [-0.39, 0.29) is 5.82 Å². The van der Waals surface area contributed by atoms with E-state index < -0.39 is 11.7 Å². The van der Waals surface area contributed by atoms with Gasteiger partial charge in [-0.1, -0.05) is 11.6 Å². The fourth-order valence-electron chi connectivity index (χ4n) is 2.06. The average Bonchev–Trinajstić information content (AvgIpc) is 2.58. The molecule has 0 amide bonds.